The molecule has 0 aromatic heterocycles. The zero-order valence-corrected chi connectivity index (χ0v) is 19.6. The van der Waals surface area contributed by atoms with Gasteiger partial charge in [0.15, 0.2) is 0 Å². The van der Waals surface area contributed by atoms with Crippen molar-refractivity contribution in [3.8, 4) is 0 Å². The van der Waals surface area contributed by atoms with Crippen LogP contribution in [-0.2, 0) is 22.5 Å². The van der Waals surface area contributed by atoms with Crippen molar-refractivity contribution in [3.05, 3.63) is 59.2 Å². The fraction of sp³-hybridized carbons (Fsp3) is 0.481. The molecule has 2 N–H and O–H groups in total. The van der Waals surface area contributed by atoms with Gasteiger partial charge in [0.05, 0.1) is 5.56 Å². The van der Waals surface area contributed by atoms with Crippen molar-refractivity contribution in [1.82, 2.24) is 5.32 Å². The molecule has 176 valence electrons. The van der Waals surface area contributed by atoms with E-state index in [1.165, 1.54) is 11.1 Å². The maximum absolute atomic E-state index is 13.2. The van der Waals surface area contributed by atoms with Gasteiger partial charge < -0.3 is 20.3 Å². The second kappa shape index (κ2) is 11.3. The highest BCUT2D eigenvalue weighted by Gasteiger charge is 2.25. The highest BCUT2D eigenvalue weighted by molar-refractivity contribution is 6.02. The van der Waals surface area contributed by atoms with E-state index in [9.17, 15) is 9.59 Å². The lowest BCUT2D eigenvalue weighted by atomic mass is 9.98. The third kappa shape index (κ3) is 5.93. The molecule has 0 atom stereocenters. The van der Waals surface area contributed by atoms with Gasteiger partial charge in [0.1, 0.15) is 0 Å². The van der Waals surface area contributed by atoms with E-state index in [1.54, 1.807) is 0 Å². The van der Waals surface area contributed by atoms with Gasteiger partial charge in [-0.15, -0.1) is 0 Å². The summed E-state index contributed by atoms with van der Waals surface area (Å²) in [6.07, 6.45) is 5.84. The molecule has 0 radical (unpaired) electrons. The molecule has 0 bridgehead atoms. The number of rotatable bonds is 9. The first-order valence-electron chi connectivity index (χ1n) is 12.3. The summed E-state index contributed by atoms with van der Waals surface area (Å²) in [7, 11) is 0. The molecule has 33 heavy (non-hydrogen) atoms. The second-order valence-corrected chi connectivity index (χ2v) is 8.95. The average molecular weight is 450 g/mol. The molecule has 1 saturated carbocycles. The van der Waals surface area contributed by atoms with Crippen LogP contribution < -0.4 is 15.5 Å². The minimum atomic E-state index is -0.114. The van der Waals surface area contributed by atoms with E-state index in [0.717, 1.165) is 57.3 Å². The Morgan fingerprint density at radius 3 is 2.67 bits per heavy atom. The van der Waals surface area contributed by atoms with E-state index in [0.29, 0.717) is 31.0 Å². The summed E-state index contributed by atoms with van der Waals surface area (Å²) in [6.45, 7) is 5.46. The van der Waals surface area contributed by atoms with E-state index in [1.807, 2.05) is 25.1 Å². The molecule has 6 nitrogen and oxygen atoms in total. The fourth-order valence-electron chi connectivity index (χ4n) is 4.82. The Labute approximate surface area is 196 Å². The number of carbonyl (C=O) groups excluding carboxylic acids is 2. The van der Waals surface area contributed by atoms with Crippen LogP contribution in [0.2, 0.25) is 0 Å². The van der Waals surface area contributed by atoms with E-state index in [2.05, 4.69) is 39.8 Å². The Balaban J connectivity index is 1.52. The minimum Gasteiger partial charge on any atom is -0.382 e. The van der Waals surface area contributed by atoms with Gasteiger partial charge in [-0.2, -0.15) is 0 Å². The third-order valence-corrected chi connectivity index (χ3v) is 6.66. The molecule has 6 heteroatoms. The zero-order chi connectivity index (χ0) is 23.0. The number of hydrogen-bond donors (Lipinski definition) is 2. The van der Waals surface area contributed by atoms with Gasteiger partial charge in [0, 0.05) is 50.1 Å². The first kappa shape index (κ1) is 23.3. The summed E-state index contributed by atoms with van der Waals surface area (Å²) in [5, 5.41) is 6.09. The second-order valence-electron chi connectivity index (χ2n) is 8.95. The molecule has 1 heterocycles. The molecule has 1 aliphatic carbocycles. The van der Waals surface area contributed by atoms with Crippen LogP contribution >= 0.6 is 0 Å². The number of benzene rings is 2. The molecular formula is C27H35N3O3. The van der Waals surface area contributed by atoms with Gasteiger partial charge in [-0.25, -0.2) is 0 Å². The Morgan fingerprint density at radius 2 is 1.88 bits per heavy atom. The van der Waals surface area contributed by atoms with E-state index in [-0.39, 0.29) is 17.7 Å². The monoisotopic (exact) mass is 449 g/mol. The van der Waals surface area contributed by atoms with Crippen molar-refractivity contribution >= 4 is 23.2 Å². The molecule has 2 aromatic carbocycles. The lowest BCUT2D eigenvalue weighted by Gasteiger charge is -2.32. The summed E-state index contributed by atoms with van der Waals surface area (Å²) in [4.78, 5) is 28.1. The number of ether oxygens (including phenoxy) is 1. The quantitative estimate of drug-likeness (QED) is 0.552. The molecule has 1 aliphatic heterocycles. The van der Waals surface area contributed by atoms with Crippen molar-refractivity contribution in [2.45, 2.75) is 52.0 Å². The van der Waals surface area contributed by atoms with Gasteiger partial charge in [-0.05, 0) is 61.9 Å². The van der Waals surface area contributed by atoms with Crippen molar-refractivity contribution in [1.29, 1.82) is 0 Å². The Bertz CT molecular complexity index is 969. The van der Waals surface area contributed by atoms with E-state index in [4.69, 9.17) is 4.74 Å². The van der Waals surface area contributed by atoms with E-state index >= 15 is 0 Å². The zero-order valence-electron chi connectivity index (χ0n) is 19.6. The van der Waals surface area contributed by atoms with Gasteiger partial charge in [0.2, 0.25) is 5.91 Å². The smallest absolute Gasteiger partial charge is 0.253 e. The minimum absolute atomic E-state index is 0.0650. The normalized spacial score (nSPS) is 15.8. The van der Waals surface area contributed by atoms with Crippen LogP contribution in [0, 0.1) is 5.92 Å². The fourth-order valence-corrected chi connectivity index (χ4v) is 4.82. The molecule has 2 amide bonds. The SMILES string of the molecule is CCOCCCNC(=O)c1cc(NC(=O)C2CCCC2)ccc1N1CCc2ccccc2C1. The highest BCUT2D eigenvalue weighted by atomic mass is 16.5. The van der Waals surface area contributed by atoms with Crippen molar-refractivity contribution in [2.75, 3.05) is 36.5 Å². The van der Waals surface area contributed by atoms with Crippen LogP contribution in [0.25, 0.3) is 0 Å². The van der Waals surface area contributed by atoms with Gasteiger partial charge >= 0.3 is 0 Å². The third-order valence-electron chi connectivity index (χ3n) is 6.66. The number of fused-ring (bicyclic) bond motifs is 1. The van der Waals surface area contributed by atoms with Crippen LogP contribution in [0.4, 0.5) is 11.4 Å². The van der Waals surface area contributed by atoms with Crippen molar-refractivity contribution in [2.24, 2.45) is 5.92 Å². The van der Waals surface area contributed by atoms with Crippen molar-refractivity contribution in [3.63, 3.8) is 0 Å². The molecular weight excluding hydrogens is 414 g/mol. The molecule has 0 unspecified atom stereocenters. The topological polar surface area (TPSA) is 70.7 Å². The summed E-state index contributed by atoms with van der Waals surface area (Å²) in [6, 6.07) is 14.2. The maximum Gasteiger partial charge on any atom is 0.253 e. The maximum atomic E-state index is 13.2. The van der Waals surface area contributed by atoms with Crippen LogP contribution in [0.15, 0.2) is 42.5 Å². The van der Waals surface area contributed by atoms with E-state index < -0.39 is 0 Å². The molecule has 2 aliphatic rings. The van der Waals surface area contributed by atoms with Gasteiger partial charge in [-0.3, -0.25) is 9.59 Å². The lowest BCUT2D eigenvalue weighted by Crippen LogP contribution is -2.33. The molecule has 0 spiro atoms. The summed E-state index contributed by atoms with van der Waals surface area (Å²) in [5.74, 6) is 0.0339. The lowest BCUT2D eigenvalue weighted by molar-refractivity contribution is -0.119. The average Bonchev–Trinajstić information content (AvgIpc) is 3.39. The molecule has 0 saturated heterocycles. The number of nitrogens with one attached hydrogen (secondary N) is 2. The Morgan fingerprint density at radius 1 is 1.09 bits per heavy atom. The predicted molar refractivity (Wildman–Crippen MR) is 132 cm³/mol. The predicted octanol–water partition coefficient (Wildman–Crippen LogP) is 4.53. The van der Waals surface area contributed by atoms with Crippen LogP contribution in [-0.4, -0.2) is 38.1 Å². The van der Waals surface area contributed by atoms with Gasteiger partial charge in [0.25, 0.3) is 5.91 Å². The number of amides is 2. The molecule has 2 aromatic rings. The molecule has 4 rings (SSSR count). The van der Waals surface area contributed by atoms with Crippen LogP contribution in [0.5, 0.6) is 0 Å². The number of hydrogen-bond acceptors (Lipinski definition) is 4. The number of carbonyl (C=O) groups is 2. The number of anilines is 2. The van der Waals surface area contributed by atoms with Gasteiger partial charge in [-0.1, -0.05) is 37.1 Å². The Kier molecular flexibility index (Phi) is 8.00. The first-order valence-corrected chi connectivity index (χ1v) is 12.3. The highest BCUT2D eigenvalue weighted by Crippen LogP contribution is 2.31. The summed E-state index contributed by atoms with van der Waals surface area (Å²) >= 11 is 0. The molecule has 1 fully saturated rings. The van der Waals surface area contributed by atoms with Crippen molar-refractivity contribution < 1.29 is 14.3 Å². The van der Waals surface area contributed by atoms with Crippen LogP contribution in [0.3, 0.4) is 0 Å². The Hall–Kier alpha value is -2.86. The van der Waals surface area contributed by atoms with Crippen LogP contribution in [0.1, 0.15) is 60.5 Å². The standard InChI is InChI=1S/C27H35N3O3/c1-2-33-17-7-15-28-27(32)24-18-23(29-26(31)21-9-4-5-10-21)12-13-25(24)30-16-14-20-8-3-6-11-22(20)19-30/h3,6,8,11-13,18,21H,2,4-5,7,9-10,14-17,19H2,1H3,(H,28,32)(H,29,31). The summed E-state index contributed by atoms with van der Waals surface area (Å²) in [5.41, 5.74) is 4.87. The first-order chi connectivity index (χ1) is 16.2. The number of nitrogens with zero attached hydrogens (tertiary/aromatic N) is 1. The summed E-state index contributed by atoms with van der Waals surface area (Å²) < 4.78 is 5.38. The largest absolute Gasteiger partial charge is 0.382 e.